The first-order valence-electron chi connectivity index (χ1n) is 6.33. The molecular weight excluding hydrogens is 274 g/mol. The molecule has 0 aromatic carbocycles. The molecule has 0 aliphatic heterocycles. The number of amides is 1. The van der Waals surface area contributed by atoms with Crippen molar-refractivity contribution in [3.8, 4) is 0 Å². The summed E-state index contributed by atoms with van der Waals surface area (Å²) in [5, 5.41) is 6.83. The Hall–Kier alpha value is -2.02. The molecule has 0 bridgehead atoms. The van der Waals surface area contributed by atoms with Crippen LogP contribution in [0.4, 0.5) is 5.82 Å². The lowest BCUT2D eigenvalue weighted by Crippen LogP contribution is -2.23. The van der Waals surface area contributed by atoms with Crippen molar-refractivity contribution < 1.29 is 4.79 Å². The van der Waals surface area contributed by atoms with Gasteiger partial charge in [0, 0.05) is 26.8 Å². The number of hydrogen-bond donors (Lipinski definition) is 1. The number of nitrogens with zero attached hydrogens (tertiary/aromatic N) is 4. The lowest BCUT2D eigenvalue weighted by molar-refractivity contribution is 0.0954. The summed E-state index contributed by atoms with van der Waals surface area (Å²) in [5.74, 6) is 0.741. The van der Waals surface area contributed by atoms with Gasteiger partial charge in [0.25, 0.3) is 5.91 Å². The Labute approximate surface area is 122 Å². The molecule has 0 radical (unpaired) electrons. The fraction of sp³-hybridized carbons (Fsp3) is 0.385. The van der Waals surface area contributed by atoms with E-state index in [9.17, 15) is 4.79 Å². The topological polar surface area (TPSA) is 71.0 Å². The summed E-state index contributed by atoms with van der Waals surface area (Å²) in [6.45, 7) is 2.42. The SMILES string of the molecule is CCc1nnsc1C(=O)NCc1ccnc(N(C)C)c1. The van der Waals surface area contributed by atoms with E-state index < -0.39 is 0 Å². The normalized spacial score (nSPS) is 10.3. The van der Waals surface area contributed by atoms with Crippen LogP contribution in [0, 0.1) is 0 Å². The van der Waals surface area contributed by atoms with E-state index in [0.29, 0.717) is 17.8 Å². The maximum absolute atomic E-state index is 12.1. The summed E-state index contributed by atoms with van der Waals surface area (Å²) in [7, 11) is 3.86. The first-order valence-corrected chi connectivity index (χ1v) is 7.10. The van der Waals surface area contributed by atoms with Gasteiger partial charge in [0.1, 0.15) is 10.7 Å². The number of aryl methyl sites for hydroxylation is 1. The Kier molecular flexibility index (Phi) is 4.62. The third kappa shape index (κ3) is 3.30. The van der Waals surface area contributed by atoms with Gasteiger partial charge in [0.05, 0.1) is 5.69 Å². The van der Waals surface area contributed by atoms with Gasteiger partial charge in [-0.25, -0.2) is 4.98 Å². The maximum Gasteiger partial charge on any atom is 0.265 e. The Bertz CT molecular complexity index is 596. The van der Waals surface area contributed by atoms with Crippen LogP contribution in [0.2, 0.25) is 0 Å². The molecule has 7 heteroatoms. The van der Waals surface area contributed by atoms with Crippen LogP contribution >= 0.6 is 11.5 Å². The lowest BCUT2D eigenvalue weighted by Gasteiger charge is -2.12. The predicted octanol–water partition coefficient (Wildman–Crippen LogP) is 1.49. The van der Waals surface area contributed by atoms with Crippen LogP contribution in [0.15, 0.2) is 18.3 Å². The van der Waals surface area contributed by atoms with E-state index in [1.54, 1.807) is 6.20 Å². The van der Waals surface area contributed by atoms with Crippen molar-refractivity contribution in [2.24, 2.45) is 0 Å². The molecule has 2 aromatic heterocycles. The van der Waals surface area contributed by atoms with E-state index >= 15 is 0 Å². The van der Waals surface area contributed by atoms with Crippen LogP contribution in [0.3, 0.4) is 0 Å². The highest BCUT2D eigenvalue weighted by Gasteiger charge is 2.14. The summed E-state index contributed by atoms with van der Waals surface area (Å²) in [4.78, 5) is 18.8. The quantitative estimate of drug-likeness (QED) is 0.903. The first-order chi connectivity index (χ1) is 9.61. The number of hydrogen-bond acceptors (Lipinski definition) is 6. The van der Waals surface area contributed by atoms with Crippen LogP contribution in [0.25, 0.3) is 0 Å². The molecule has 0 aliphatic carbocycles. The van der Waals surface area contributed by atoms with Crippen molar-refractivity contribution in [1.29, 1.82) is 0 Å². The summed E-state index contributed by atoms with van der Waals surface area (Å²) >= 11 is 1.13. The molecular formula is C13H17N5OS. The molecule has 1 amide bonds. The number of rotatable bonds is 5. The fourth-order valence-corrected chi connectivity index (χ4v) is 2.36. The highest BCUT2D eigenvalue weighted by Crippen LogP contribution is 2.12. The van der Waals surface area contributed by atoms with Crippen molar-refractivity contribution in [3.05, 3.63) is 34.5 Å². The highest BCUT2D eigenvalue weighted by molar-refractivity contribution is 7.08. The van der Waals surface area contributed by atoms with Gasteiger partial charge in [-0.15, -0.1) is 5.10 Å². The van der Waals surface area contributed by atoms with Crippen molar-refractivity contribution in [2.75, 3.05) is 19.0 Å². The first kappa shape index (κ1) is 14.4. The number of anilines is 1. The number of nitrogens with one attached hydrogen (secondary N) is 1. The molecule has 106 valence electrons. The van der Waals surface area contributed by atoms with Crippen LogP contribution in [-0.2, 0) is 13.0 Å². The minimum absolute atomic E-state index is 0.125. The standard InChI is InChI=1S/C13H17N5OS/c1-4-10-12(20-17-16-10)13(19)15-8-9-5-6-14-11(7-9)18(2)3/h5-7H,4,8H2,1-3H3,(H,15,19). The molecule has 0 spiro atoms. The average molecular weight is 291 g/mol. The second-order valence-electron chi connectivity index (χ2n) is 4.50. The summed E-state index contributed by atoms with van der Waals surface area (Å²) in [5.41, 5.74) is 1.75. The fourth-order valence-electron chi connectivity index (χ4n) is 1.69. The monoisotopic (exact) mass is 291 g/mol. The Morgan fingerprint density at radius 1 is 1.45 bits per heavy atom. The van der Waals surface area contributed by atoms with Gasteiger partial charge in [-0.1, -0.05) is 11.4 Å². The number of carbonyl (C=O) groups excluding carboxylic acids is 1. The molecule has 0 unspecified atom stereocenters. The van der Waals surface area contributed by atoms with Gasteiger partial charge in [0.2, 0.25) is 0 Å². The molecule has 2 heterocycles. The average Bonchev–Trinajstić information content (AvgIpc) is 2.93. The molecule has 6 nitrogen and oxygen atoms in total. The minimum atomic E-state index is -0.125. The van der Waals surface area contributed by atoms with E-state index in [-0.39, 0.29) is 5.91 Å². The number of pyridine rings is 1. The van der Waals surface area contributed by atoms with E-state index in [1.165, 1.54) is 0 Å². The van der Waals surface area contributed by atoms with Gasteiger partial charge >= 0.3 is 0 Å². The van der Waals surface area contributed by atoms with E-state index in [4.69, 9.17) is 0 Å². The van der Waals surface area contributed by atoms with Crippen LogP contribution in [0.5, 0.6) is 0 Å². The molecule has 20 heavy (non-hydrogen) atoms. The molecule has 0 atom stereocenters. The predicted molar refractivity (Wildman–Crippen MR) is 79.0 cm³/mol. The van der Waals surface area contributed by atoms with Crippen molar-refractivity contribution in [3.63, 3.8) is 0 Å². The van der Waals surface area contributed by atoms with Crippen LogP contribution < -0.4 is 10.2 Å². The van der Waals surface area contributed by atoms with E-state index in [0.717, 1.165) is 28.6 Å². The third-order valence-electron chi connectivity index (χ3n) is 2.82. The highest BCUT2D eigenvalue weighted by atomic mass is 32.1. The summed E-state index contributed by atoms with van der Waals surface area (Å²) < 4.78 is 3.82. The zero-order valence-electron chi connectivity index (χ0n) is 11.8. The minimum Gasteiger partial charge on any atom is -0.363 e. The smallest absolute Gasteiger partial charge is 0.265 e. The second kappa shape index (κ2) is 6.42. The van der Waals surface area contributed by atoms with Crippen LogP contribution in [0.1, 0.15) is 27.9 Å². The van der Waals surface area contributed by atoms with E-state index in [1.807, 2.05) is 38.1 Å². The number of carbonyl (C=O) groups is 1. The Morgan fingerprint density at radius 3 is 2.95 bits per heavy atom. The second-order valence-corrected chi connectivity index (χ2v) is 5.26. The Balaban J connectivity index is 2.02. The van der Waals surface area contributed by atoms with Crippen molar-refractivity contribution in [2.45, 2.75) is 19.9 Å². The van der Waals surface area contributed by atoms with Gasteiger partial charge in [-0.3, -0.25) is 4.79 Å². The molecule has 0 saturated carbocycles. The molecule has 0 saturated heterocycles. The van der Waals surface area contributed by atoms with Gasteiger partial charge in [0.15, 0.2) is 0 Å². The zero-order chi connectivity index (χ0) is 14.5. The molecule has 1 N–H and O–H groups in total. The van der Waals surface area contributed by atoms with Gasteiger partial charge in [-0.2, -0.15) is 0 Å². The summed E-state index contributed by atoms with van der Waals surface area (Å²) in [6.07, 6.45) is 2.45. The lowest BCUT2D eigenvalue weighted by atomic mass is 10.2. The Morgan fingerprint density at radius 2 is 2.25 bits per heavy atom. The third-order valence-corrected chi connectivity index (χ3v) is 3.58. The molecule has 2 rings (SSSR count). The number of aromatic nitrogens is 3. The molecule has 2 aromatic rings. The zero-order valence-corrected chi connectivity index (χ0v) is 12.6. The van der Waals surface area contributed by atoms with Crippen molar-refractivity contribution >= 4 is 23.3 Å². The summed E-state index contributed by atoms with van der Waals surface area (Å²) in [6, 6.07) is 3.84. The maximum atomic E-state index is 12.1. The van der Waals surface area contributed by atoms with Crippen LogP contribution in [-0.4, -0.2) is 34.6 Å². The molecule has 0 aliphatic rings. The van der Waals surface area contributed by atoms with E-state index in [2.05, 4.69) is 19.9 Å². The van der Waals surface area contributed by atoms with Gasteiger partial charge in [-0.05, 0) is 35.6 Å². The van der Waals surface area contributed by atoms with Gasteiger partial charge < -0.3 is 10.2 Å². The largest absolute Gasteiger partial charge is 0.363 e. The van der Waals surface area contributed by atoms with Crippen molar-refractivity contribution in [1.82, 2.24) is 19.9 Å². The molecule has 0 fully saturated rings.